The molecule has 192 valence electrons. The molecule has 2 rings (SSSR count). The zero-order chi connectivity index (χ0) is 26.1. The van der Waals surface area contributed by atoms with Crippen LogP contribution in [0.3, 0.4) is 0 Å². The van der Waals surface area contributed by atoms with Crippen molar-refractivity contribution in [1.82, 2.24) is 0 Å². The lowest BCUT2D eigenvalue weighted by molar-refractivity contribution is -0.146. The van der Waals surface area contributed by atoms with E-state index >= 15 is 0 Å². The molecule has 2 aromatic rings. The van der Waals surface area contributed by atoms with Crippen molar-refractivity contribution in [2.24, 2.45) is 0 Å². The summed E-state index contributed by atoms with van der Waals surface area (Å²) in [5.74, 6) is 1.10. The van der Waals surface area contributed by atoms with Gasteiger partial charge in [-0.05, 0) is 86.1 Å². The summed E-state index contributed by atoms with van der Waals surface area (Å²) in [4.78, 5) is 25.8. The third-order valence-electron chi connectivity index (χ3n) is 5.38. The molecule has 2 aromatic carbocycles. The fourth-order valence-electron chi connectivity index (χ4n) is 3.52. The summed E-state index contributed by atoms with van der Waals surface area (Å²) in [6.45, 7) is 16.5. The van der Waals surface area contributed by atoms with E-state index in [1.54, 1.807) is 25.6 Å². The van der Waals surface area contributed by atoms with E-state index in [-0.39, 0.29) is 37.0 Å². The van der Waals surface area contributed by atoms with Gasteiger partial charge in [0.2, 0.25) is 0 Å². The van der Waals surface area contributed by atoms with Gasteiger partial charge in [-0.2, -0.15) is 0 Å². The maximum Gasteiger partial charge on any atom is 0.344 e. The summed E-state index contributed by atoms with van der Waals surface area (Å²) in [6.07, 6.45) is 0. The quantitative estimate of drug-likeness (QED) is 0.303. The number of rotatable bonds is 12. The molecule has 0 saturated carbocycles. The van der Waals surface area contributed by atoms with Crippen molar-refractivity contribution in [2.75, 3.05) is 26.4 Å². The van der Waals surface area contributed by atoms with Gasteiger partial charge in [0.15, 0.2) is 13.2 Å². The molecule has 0 amide bonds. The number of esters is 2. The Labute approximate surface area is 213 Å². The van der Waals surface area contributed by atoms with Crippen molar-refractivity contribution in [3.63, 3.8) is 0 Å². The Morgan fingerprint density at radius 3 is 1.40 bits per heavy atom. The van der Waals surface area contributed by atoms with Crippen LogP contribution in [0.4, 0.5) is 0 Å². The van der Waals surface area contributed by atoms with E-state index in [4.69, 9.17) is 18.9 Å². The lowest BCUT2D eigenvalue weighted by atomic mass is 10.0. The Bertz CT molecular complexity index is 947. The van der Waals surface area contributed by atoms with Crippen LogP contribution >= 0.6 is 11.8 Å². The first kappa shape index (κ1) is 28.6. The molecule has 0 spiro atoms. The summed E-state index contributed by atoms with van der Waals surface area (Å²) >= 11 is 1.69. The first-order valence-corrected chi connectivity index (χ1v) is 12.9. The minimum absolute atomic E-state index is 0.108. The molecule has 0 unspecified atom stereocenters. The van der Waals surface area contributed by atoms with Gasteiger partial charge < -0.3 is 18.9 Å². The Morgan fingerprint density at radius 1 is 0.714 bits per heavy atom. The molecule has 0 N–H and O–H groups in total. The van der Waals surface area contributed by atoms with Crippen LogP contribution in [0.15, 0.2) is 34.1 Å². The van der Waals surface area contributed by atoms with Crippen molar-refractivity contribution < 1.29 is 28.5 Å². The van der Waals surface area contributed by atoms with Crippen molar-refractivity contribution in [3.8, 4) is 11.5 Å². The number of hydrogen-bond acceptors (Lipinski definition) is 7. The maximum atomic E-state index is 11.8. The predicted molar refractivity (Wildman–Crippen MR) is 139 cm³/mol. The van der Waals surface area contributed by atoms with Crippen LogP contribution in [0.2, 0.25) is 0 Å². The predicted octanol–water partition coefficient (Wildman–Crippen LogP) is 6.59. The first-order chi connectivity index (χ1) is 16.6. The van der Waals surface area contributed by atoms with Crippen LogP contribution in [0.5, 0.6) is 11.5 Å². The average Bonchev–Trinajstić information content (AvgIpc) is 2.78. The second-order valence-corrected chi connectivity index (χ2v) is 9.99. The molecule has 6 nitrogen and oxygen atoms in total. The van der Waals surface area contributed by atoms with Crippen molar-refractivity contribution >= 4 is 23.7 Å². The summed E-state index contributed by atoms with van der Waals surface area (Å²) in [5, 5.41) is 0. The van der Waals surface area contributed by atoms with Crippen molar-refractivity contribution in [3.05, 3.63) is 46.5 Å². The van der Waals surface area contributed by atoms with Crippen LogP contribution in [-0.4, -0.2) is 38.4 Å². The third kappa shape index (κ3) is 8.20. The Morgan fingerprint density at radius 2 is 1.09 bits per heavy atom. The molecular formula is C28H38O6S. The highest BCUT2D eigenvalue weighted by molar-refractivity contribution is 7.99. The van der Waals surface area contributed by atoms with E-state index in [0.29, 0.717) is 24.7 Å². The number of hydrogen-bond donors (Lipinski definition) is 0. The average molecular weight is 503 g/mol. The number of benzene rings is 2. The fraction of sp³-hybridized carbons (Fsp3) is 0.500. The SMILES string of the molecule is CCOC(=O)COc1cc(C)c(Sc2cc(C(C)C)c(OCC(=O)OCC)cc2C)cc1C(C)C. The maximum absolute atomic E-state index is 11.8. The minimum atomic E-state index is -0.375. The van der Waals surface area contributed by atoms with Crippen LogP contribution in [-0.2, 0) is 19.1 Å². The number of aryl methyl sites for hydroxylation is 2. The zero-order valence-corrected chi connectivity index (χ0v) is 23.0. The lowest BCUT2D eigenvalue weighted by Gasteiger charge is -2.20. The van der Waals surface area contributed by atoms with E-state index in [1.807, 2.05) is 26.0 Å². The van der Waals surface area contributed by atoms with Crippen molar-refractivity contribution in [1.29, 1.82) is 0 Å². The Balaban J connectivity index is 2.33. The molecule has 0 aromatic heterocycles. The number of carbonyl (C=O) groups is 2. The van der Waals surface area contributed by atoms with Crippen molar-refractivity contribution in [2.45, 2.75) is 77.0 Å². The summed E-state index contributed by atoms with van der Waals surface area (Å²) < 4.78 is 21.6. The molecular weight excluding hydrogens is 464 g/mol. The second-order valence-electron chi connectivity index (χ2n) is 8.91. The van der Waals surface area contributed by atoms with Gasteiger partial charge in [0.25, 0.3) is 0 Å². The van der Waals surface area contributed by atoms with Gasteiger partial charge in [-0.15, -0.1) is 0 Å². The third-order valence-corrected chi connectivity index (χ3v) is 6.70. The van der Waals surface area contributed by atoms with Gasteiger partial charge in [-0.3, -0.25) is 0 Å². The normalized spacial score (nSPS) is 11.0. The van der Waals surface area contributed by atoms with E-state index in [2.05, 4.69) is 39.8 Å². The molecule has 0 aliphatic carbocycles. The van der Waals surface area contributed by atoms with E-state index in [1.165, 1.54) is 0 Å². The lowest BCUT2D eigenvalue weighted by Crippen LogP contribution is -2.15. The molecule has 0 atom stereocenters. The molecule has 0 saturated heterocycles. The van der Waals surface area contributed by atoms with E-state index < -0.39 is 0 Å². The van der Waals surface area contributed by atoms with Crippen LogP contribution < -0.4 is 9.47 Å². The standard InChI is InChI=1S/C28H38O6S/c1-9-31-27(29)15-33-23-11-19(7)25(13-21(23)17(3)4)35-26-14-22(18(5)6)24(12-20(26)8)34-16-28(30)32-10-2/h11-14,17-18H,9-10,15-16H2,1-8H3. The van der Waals surface area contributed by atoms with Gasteiger partial charge >= 0.3 is 11.9 Å². The Kier molecular flexibility index (Phi) is 11.0. The highest BCUT2D eigenvalue weighted by atomic mass is 32.2. The number of ether oxygens (including phenoxy) is 4. The fourth-order valence-corrected chi connectivity index (χ4v) is 4.57. The van der Waals surface area contributed by atoms with Gasteiger partial charge in [0.05, 0.1) is 13.2 Å². The first-order valence-electron chi connectivity index (χ1n) is 12.1. The summed E-state index contributed by atoms with van der Waals surface area (Å²) in [6, 6.07) is 8.27. The Hall–Kier alpha value is -2.67. The van der Waals surface area contributed by atoms with Gasteiger partial charge in [0, 0.05) is 9.79 Å². The molecule has 0 radical (unpaired) electrons. The molecule has 0 aliphatic rings. The molecule has 0 bridgehead atoms. The van der Waals surface area contributed by atoms with Crippen LogP contribution in [0.1, 0.15) is 75.6 Å². The largest absolute Gasteiger partial charge is 0.482 e. The van der Waals surface area contributed by atoms with Crippen LogP contribution in [0, 0.1) is 13.8 Å². The van der Waals surface area contributed by atoms with Crippen LogP contribution in [0.25, 0.3) is 0 Å². The smallest absolute Gasteiger partial charge is 0.344 e. The molecule has 0 aliphatic heterocycles. The molecule has 0 heterocycles. The molecule has 7 heteroatoms. The highest BCUT2D eigenvalue weighted by Gasteiger charge is 2.18. The second kappa shape index (κ2) is 13.4. The van der Waals surface area contributed by atoms with E-state index in [9.17, 15) is 9.59 Å². The van der Waals surface area contributed by atoms with Gasteiger partial charge in [-0.25, -0.2) is 9.59 Å². The monoisotopic (exact) mass is 502 g/mol. The summed E-state index contributed by atoms with van der Waals surface area (Å²) in [5.41, 5.74) is 4.20. The van der Waals surface area contributed by atoms with Gasteiger partial charge in [0.1, 0.15) is 11.5 Å². The highest BCUT2D eigenvalue weighted by Crippen LogP contribution is 2.41. The zero-order valence-electron chi connectivity index (χ0n) is 22.2. The summed E-state index contributed by atoms with van der Waals surface area (Å²) in [7, 11) is 0. The molecule has 0 fully saturated rings. The van der Waals surface area contributed by atoms with E-state index in [0.717, 1.165) is 32.0 Å². The number of carbonyl (C=O) groups excluding carboxylic acids is 2. The minimum Gasteiger partial charge on any atom is -0.482 e. The molecule has 35 heavy (non-hydrogen) atoms. The van der Waals surface area contributed by atoms with Gasteiger partial charge in [-0.1, -0.05) is 39.5 Å². The topological polar surface area (TPSA) is 71.1 Å².